The van der Waals surface area contributed by atoms with Crippen molar-refractivity contribution in [2.45, 2.75) is 81.8 Å². The van der Waals surface area contributed by atoms with Crippen molar-refractivity contribution >= 4 is 29.4 Å². The fourth-order valence-electron chi connectivity index (χ4n) is 8.00. The number of methoxy groups -OCH3 is 1. The monoisotopic (exact) mass is 701 g/mol. The predicted molar refractivity (Wildman–Crippen MR) is 193 cm³/mol. The van der Waals surface area contributed by atoms with E-state index in [0.29, 0.717) is 50.0 Å². The minimum absolute atomic E-state index is 0.0300. The number of amides is 3. The second-order valence-corrected chi connectivity index (χ2v) is 13.6. The molecule has 2 aromatic rings. The van der Waals surface area contributed by atoms with Gasteiger partial charge in [-0.25, -0.2) is 0 Å². The minimum Gasteiger partial charge on any atom is -0.497 e. The molecule has 3 aliphatic rings. The summed E-state index contributed by atoms with van der Waals surface area (Å²) in [5, 5.41) is 9.40. The summed E-state index contributed by atoms with van der Waals surface area (Å²) in [6.07, 6.45) is 5.44. The second-order valence-electron chi connectivity index (χ2n) is 13.6. The van der Waals surface area contributed by atoms with Crippen LogP contribution < -0.4 is 9.64 Å². The summed E-state index contributed by atoms with van der Waals surface area (Å²) in [7, 11) is 3.26. The van der Waals surface area contributed by atoms with Crippen LogP contribution in [0.5, 0.6) is 5.75 Å². The fourth-order valence-corrected chi connectivity index (χ4v) is 8.00. The molecule has 0 radical (unpaired) electrons. The Bertz CT molecular complexity index is 1570. The zero-order valence-electron chi connectivity index (χ0n) is 29.9. The van der Waals surface area contributed by atoms with Crippen LogP contribution in [-0.4, -0.2) is 96.2 Å². The molecule has 3 amide bonds. The van der Waals surface area contributed by atoms with Crippen molar-refractivity contribution in [2.24, 2.45) is 11.8 Å². The Morgan fingerprint density at radius 1 is 1.08 bits per heavy atom. The highest BCUT2D eigenvalue weighted by Crippen LogP contribution is 2.59. The van der Waals surface area contributed by atoms with Gasteiger partial charge in [0.2, 0.25) is 11.8 Å². The highest BCUT2D eigenvalue weighted by Gasteiger charge is 2.75. The van der Waals surface area contributed by atoms with Crippen LogP contribution in [0.4, 0.5) is 5.69 Å². The first-order chi connectivity index (χ1) is 24.6. The van der Waals surface area contributed by atoms with Crippen LogP contribution in [0.3, 0.4) is 0 Å². The van der Waals surface area contributed by atoms with Gasteiger partial charge in [0.1, 0.15) is 23.5 Å². The summed E-state index contributed by atoms with van der Waals surface area (Å²) in [6, 6.07) is 14.9. The molecule has 11 heteroatoms. The van der Waals surface area contributed by atoms with E-state index < -0.39 is 47.7 Å². The molecular weight excluding hydrogens is 650 g/mol. The lowest BCUT2D eigenvalue weighted by atomic mass is 9.70. The Hall–Kier alpha value is -4.48. The molecule has 3 heterocycles. The van der Waals surface area contributed by atoms with Crippen LogP contribution >= 0.6 is 0 Å². The molecule has 2 aromatic carbocycles. The van der Waals surface area contributed by atoms with Crippen molar-refractivity contribution < 1.29 is 38.5 Å². The van der Waals surface area contributed by atoms with Gasteiger partial charge in [0.15, 0.2) is 0 Å². The molecule has 0 unspecified atom stereocenters. The Balaban J connectivity index is 1.48. The smallest absolute Gasteiger partial charge is 0.313 e. The van der Waals surface area contributed by atoms with E-state index in [1.54, 1.807) is 65.3 Å². The van der Waals surface area contributed by atoms with Crippen molar-refractivity contribution in [3.63, 3.8) is 0 Å². The zero-order chi connectivity index (χ0) is 36.7. The SMILES string of the molecule is C=CCCC(=O)N(C)[C@H](C)[C@H](OC(=O)[C@@H]1[C@@H]2CC[C@]3(O2)[C@H](C(=O)N(CC=C)c2ccc(OC)cc2)N(CCCCCO)C(=O)[C@@H]13)c1ccccc1. The average Bonchev–Trinajstić information content (AvgIpc) is 3.80. The van der Waals surface area contributed by atoms with E-state index in [2.05, 4.69) is 13.2 Å². The number of carbonyl (C=O) groups is 4. The number of carbonyl (C=O) groups excluding carboxylic acids is 4. The number of aliphatic hydroxyl groups is 1. The third-order valence-corrected chi connectivity index (χ3v) is 10.7. The molecular formula is C40H51N3O8. The first-order valence-electron chi connectivity index (χ1n) is 17.9. The van der Waals surface area contributed by atoms with Gasteiger partial charge in [-0.3, -0.25) is 19.2 Å². The fraction of sp³-hybridized carbons (Fsp3) is 0.500. The molecule has 2 bridgehead atoms. The number of esters is 1. The summed E-state index contributed by atoms with van der Waals surface area (Å²) in [6.45, 7) is 9.93. The van der Waals surface area contributed by atoms with E-state index in [4.69, 9.17) is 14.2 Å². The topological polar surface area (TPSA) is 126 Å². The maximum Gasteiger partial charge on any atom is 0.313 e. The molecule has 5 rings (SSSR count). The van der Waals surface area contributed by atoms with Crippen molar-refractivity contribution in [2.75, 3.05) is 38.8 Å². The van der Waals surface area contributed by atoms with Gasteiger partial charge in [-0.05, 0) is 75.3 Å². The molecule has 0 aromatic heterocycles. The van der Waals surface area contributed by atoms with E-state index in [-0.39, 0.29) is 43.8 Å². The lowest BCUT2D eigenvalue weighted by Crippen LogP contribution is -2.56. The van der Waals surface area contributed by atoms with Crippen LogP contribution in [0.1, 0.15) is 63.5 Å². The third kappa shape index (κ3) is 7.46. The summed E-state index contributed by atoms with van der Waals surface area (Å²) in [5.41, 5.74) is 0.107. The Labute approximate surface area is 300 Å². The molecule has 3 saturated heterocycles. The Morgan fingerprint density at radius 3 is 2.45 bits per heavy atom. The van der Waals surface area contributed by atoms with Crippen LogP contribution in [0, 0.1) is 11.8 Å². The van der Waals surface area contributed by atoms with Crippen molar-refractivity contribution in [1.82, 2.24) is 9.80 Å². The number of aliphatic hydroxyl groups excluding tert-OH is 1. The van der Waals surface area contributed by atoms with Gasteiger partial charge in [-0.1, -0.05) is 42.5 Å². The van der Waals surface area contributed by atoms with Gasteiger partial charge < -0.3 is 34.0 Å². The number of benzene rings is 2. The minimum atomic E-state index is -1.23. The number of fused-ring (bicyclic) bond motifs is 1. The number of anilines is 1. The van der Waals surface area contributed by atoms with E-state index in [0.717, 1.165) is 5.56 Å². The summed E-state index contributed by atoms with van der Waals surface area (Å²) in [4.78, 5) is 61.6. The van der Waals surface area contributed by atoms with Gasteiger partial charge in [0.25, 0.3) is 5.91 Å². The highest BCUT2D eigenvalue weighted by atomic mass is 16.6. The number of nitrogens with zero attached hydrogens (tertiary/aromatic N) is 3. The van der Waals surface area contributed by atoms with Gasteiger partial charge in [-0.15, -0.1) is 13.2 Å². The average molecular weight is 702 g/mol. The molecule has 1 spiro atoms. The van der Waals surface area contributed by atoms with Gasteiger partial charge in [0, 0.05) is 38.9 Å². The molecule has 3 fully saturated rings. The number of hydrogen-bond donors (Lipinski definition) is 1. The lowest BCUT2D eigenvalue weighted by Gasteiger charge is -2.37. The maximum absolute atomic E-state index is 14.8. The normalized spacial score (nSPS) is 24.4. The first kappa shape index (κ1) is 37.8. The molecule has 274 valence electrons. The second kappa shape index (κ2) is 16.7. The number of allylic oxidation sites excluding steroid dienone is 1. The number of unbranched alkanes of at least 4 members (excludes halogenated alkanes) is 2. The molecule has 3 aliphatic heterocycles. The van der Waals surface area contributed by atoms with Crippen LogP contribution in [0.25, 0.3) is 0 Å². The third-order valence-electron chi connectivity index (χ3n) is 10.7. The Kier molecular flexibility index (Phi) is 12.4. The van der Waals surface area contributed by atoms with E-state index in [1.807, 2.05) is 37.3 Å². The van der Waals surface area contributed by atoms with Gasteiger partial charge >= 0.3 is 5.97 Å². The van der Waals surface area contributed by atoms with E-state index in [1.165, 1.54) is 0 Å². The lowest BCUT2D eigenvalue weighted by molar-refractivity contribution is -0.164. The molecule has 11 nitrogen and oxygen atoms in total. The predicted octanol–water partition coefficient (Wildman–Crippen LogP) is 4.85. The zero-order valence-corrected chi connectivity index (χ0v) is 29.9. The molecule has 7 atom stereocenters. The van der Waals surface area contributed by atoms with Crippen LogP contribution in [-0.2, 0) is 28.7 Å². The number of rotatable bonds is 18. The van der Waals surface area contributed by atoms with E-state index in [9.17, 15) is 24.3 Å². The van der Waals surface area contributed by atoms with Crippen LogP contribution in [0.2, 0.25) is 0 Å². The number of likely N-dealkylation sites (tertiary alicyclic amines) is 1. The Morgan fingerprint density at radius 2 is 1.80 bits per heavy atom. The van der Waals surface area contributed by atoms with E-state index >= 15 is 0 Å². The summed E-state index contributed by atoms with van der Waals surface area (Å²) >= 11 is 0. The van der Waals surface area contributed by atoms with Crippen LogP contribution in [0.15, 0.2) is 79.9 Å². The van der Waals surface area contributed by atoms with Crippen molar-refractivity contribution in [3.05, 3.63) is 85.5 Å². The molecule has 51 heavy (non-hydrogen) atoms. The first-order valence-corrected chi connectivity index (χ1v) is 17.9. The quantitative estimate of drug-likeness (QED) is 0.133. The summed E-state index contributed by atoms with van der Waals surface area (Å²) in [5.74, 6) is -2.53. The highest BCUT2D eigenvalue weighted by molar-refractivity contribution is 6.04. The molecule has 0 aliphatic carbocycles. The summed E-state index contributed by atoms with van der Waals surface area (Å²) < 4.78 is 18.3. The standard InChI is InChI=1S/C40H51N3O8/c1-6-8-17-32(45)41(4)27(3)35(28-15-11-9-12-16-28)50-39(48)33-31-22-23-40(51-31)34(33)37(46)43(25-13-10-14-26-44)36(40)38(47)42(24-7-2)29-18-20-30(49-5)21-19-29/h6-7,9,11-12,15-16,18-21,27,31,33-36,44H,1-2,8,10,13-14,17,22-26H2,3-5H3/t27-,31+,33-,34-,35+,36+,40-/m1/s1. The number of likely N-dealkylation sites (N-methyl/N-ethyl adjacent to an activating group) is 1. The maximum atomic E-state index is 14.8. The molecule has 0 saturated carbocycles. The largest absolute Gasteiger partial charge is 0.497 e. The van der Waals surface area contributed by atoms with Crippen molar-refractivity contribution in [1.29, 1.82) is 0 Å². The molecule has 1 N–H and O–H groups in total. The van der Waals surface area contributed by atoms with Gasteiger partial charge in [0.05, 0.1) is 31.1 Å². The number of ether oxygens (including phenoxy) is 3. The number of hydrogen-bond acceptors (Lipinski definition) is 8. The van der Waals surface area contributed by atoms with Gasteiger partial charge in [-0.2, -0.15) is 0 Å². The van der Waals surface area contributed by atoms with Crippen molar-refractivity contribution in [3.8, 4) is 5.75 Å².